The number of amides is 2. The molecule has 0 radical (unpaired) electrons. The normalized spacial score (nSPS) is 11.2. The number of nitrogens with zero attached hydrogens (tertiary/aromatic N) is 1. The van der Waals surface area contributed by atoms with E-state index in [1.54, 1.807) is 49.4 Å². The van der Waals surface area contributed by atoms with Crippen LogP contribution in [-0.4, -0.2) is 27.7 Å². The largest absolute Gasteiger partial charge is 0.504 e. The molecule has 0 spiro atoms. The van der Waals surface area contributed by atoms with Crippen molar-refractivity contribution in [3.63, 3.8) is 0 Å². The molecule has 1 aromatic heterocycles. The molecule has 160 valence electrons. The molecule has 0 aliphatic heterocycles. The third-order valence-corrected chi connectivity index (χ3v) is 5.62. The molecule has 7 nitrogen and oxygen atoms in total. The number of hydrogen-bond donors (Lipinski definition) is 4. The lowest BCUT2D eigenvalue weighted by Gasteiger charge is -2.06. The predicted octanol–water partition coefficient (Wildman–Crippen LogP) is 4.54. The van der Waals surface area contributed by atoms with Crippen molar-refractivity contribution in [2.75, 3.05) is 5.32 Å². The van der Waals surface area contributed by atoms with E-state index in [0.717, 1.165) is 11.1 Å². The summed E-state index contributed by atoms with van der Waals surface area (Å²) in [5, 5.41) is 25.7. The molecule has 0 saturated carbocycles. The summed E-state index contributed by atoms with van der Waals surface area (Å²) < 4.78 is 0.551. The number of carbonyl (C=O) groups is 2. The number of hydrazone groups is 1. The molecular weight excluding hydrogens is 438 g/mol. The van der Waals surface area contributed by atoms with Crippen LogP contribution < -0.4 is 10.7 Å². The first-order valence-electron chi connectivity index (χ1n) is 9.33. The van der Waals surface area contributed by atoms with Crippen molar-refractivity contribution in [2.24, 2.45) is 5.10 Å². The number of aryl methyl sites for hydroxylation is 1. The maximum Gasteiger partial charge on any atom is 0.265 e. The van der Waals surface area contributed by atoms with Crippen LogP contribution >= 0.6 is 22.9 Å². The molecule has 0 fully saturated rings. The van der Waals surface area contributed by atoms with Gasteiger partial charge in [-0.1, -0.05) is 29.8 Å². The molecule has 2 amide bonds. The van der Waals surface area contributed by atoms with Crippen LogP contribution in [0.4, 0.5) is 5.69 Å². The van der Waals surface area contributed by atoms with E-state index in [1.807, 2.05) is 0 Å². The van der Waals surface area contributed by atoms with Gasteiger partial charge in [-0.05, 0) is 60.9 Å². The summed E-state index contributed by atoms with van der Waals surface area (Å²) in [6.45, 7) is 1.76. The number of aromatic hydroxyl groups is 2. The van der Waals surface area contributed by atoms with E-state index < -0.39 is 0 Å². The smallest absolute Gasteiger partial charge is 0.265 e. The number of nitrogens with one attached hydrogen (secondary N) is 2. The number of thiophene rings is 1. The second-order valence-corrected chi connectivity index (χ2v) is 8.41. The second kappa shape index (κ2) is 10.1. The predicted molar refractivity (Wildman–Crippen MR) is 122 cm³/mol. The summed E-state index contributed by atoms with van der Waals surface area (Å²) in [5.74, 6) is -0.921. The Bertz CT molecular complexity index is 1130. The quantitative estimate of drug-likeness (QED) is 0.237. The molecule has 2 aromatic carbocycles. The third-order valence-electron chi connectivity index (χ3n) is 4.39. The van der Waals surface area contributed by atoms with E-state index >= 15 is 0 Å². The molecule has 0 aliphatic carbocycles. The number of carbonyl (C=O) groups excluding carboxylic acids is 2. The van der Waals surface area contributed by atoms with Gasteiger partial charge in [0.1, 0.15) is 0 Å². The zero-order chi connectivity index (χ0) is 22.4. The van der Waals surface area contributed by atoms with Crippen LogP contribution in [0.1, 0.15) is 34.1 Å². The van der Waals surface area contributed by atoms with Crippen molar-refractivity contribution in [1.29, 1.82) is 0 Å². The number of rotatable bonds is 7. The maximum absolute atomic E-state index is 12.2. The molecule has 0 aliphatic rings. The molecular formula is C22H20ClN3O4S. The highest BCUT2D eigenvalue weighted by Crippen LogP contribution is 2.25. The summed E-state index contributed by atoms with van der Waals surface area (Å²) in [6.07, 6.45) is 0.580. The number of halogens is 1. The van der Waals surface area contributed by atoms with E-state index in [-0.39, 0.29) is 29.7 Å². The highest BCUT2D eigenvalue weighted by atomic mass is 35.5. The number of anilines is 1. The Morgan fingerprint density at radius 2 is 1.77 bits per heavy atom. The van der Waals surface area contributed by atoms with Crippen LogP contribution in [0.3, 0.4) is 0 Å². The van der Waals surface area contributed by atoms with E-state index in [4.69, 9.17) is 11.6 Å². The fourth-order valence-corrected chi connectivity index (χ4v) is 3.61. The standard InChI is InChI=1S/C22H20ClN3O4S/c1-13(25-26-21(29)11-3-14-2-8-17(27)18(28)12-14)15-4-6-16(7-5-15)24-22(30)19-9-10-20(23)31-19/h2,4-10,12,27-28H,3,11H2,1H3,(H,24,30)(H,26,29)/b25-13+. The van der Waals surface area contributed by atoms with Gasteiger partial charge in [-0.25, -0.2) is 5.43 Å². The average molecular weight is 458 g/mol. The van der Waals surface area contributed by atoms with Gasteiger partial charge < -0.3 is 15.5 Å². The molecule has 4 N–H and O–H groups in total. The molecule has 1 heterocycles. The lowest BCUT2D eigenvalue weighted by Crippen LogP contribution is -2.19. The van der Waals surface area contributed by atoms with Crippen molar-refractivity contribution < 1.29 is 19.8 Å². The first kappa shape index (κ1) is 22.3. The number of phenolic OH excluding ortho intramolecular Hbond substituents is 2. The molecule has 3 aromatic rings. The molecule has 0 bridgehead atoms. The molecule has 0 atom stereocenters. The fraction of sp³-hybridized carbons (Fsp3) is 0.136. The van der Waals surface area contributed by atoms with Crippen molar-refractivity contribution in [2.45, 2.75) is 19.8 Å². The van der Waals surface area contributed by atoms with Crippen LogP contribution in [0.2, 0.25) is 4.34 Å². The second-order valence-electron chi connectivity index (χ2n) is 6.69. The van der Waals surface area contributed by atoms with E-state index in [0.29, 0.717) is 27.0 Å². The van der Waals surface area contributed by atoms with Crippen LogP contribution in [0.15, 0.2) is 59.7 Å². The van der Waals surface area contributed by atoms with E-state index in [2.05, 4.69) is 15.8 Å². The summed E-state index contributed by atoms with van der Waals surface area (Å²) in [5.41, 5.74) is 5.27. The topological polar surface area (TPSA) is 111 Å². The van der Waals surface area contributed by atoms with E-state index in [1.165, 1.54) is 23.5 Å². The van der Waals surface area contributed by atoms with Crippen molar-refractivity contribution in [1.82, 2.24) is 5.43 Å². The van der Waals surface area contributed by atoms with Gasteiger partial charge in [0.05, 0.1) is 14.9 Å². The SMILES string of the molecule is C/C(=N\NC(=O)CCc1ccc(O)c(O)c1)c1ccc(NC(=O)c2ccc(Cl)s2)cc1. The average Bonchev–Trinajstić information content (AvgIpc) is 3.20. The van der Waals surface area contributed by atoms with Crippen LogP contribution in [0.5, 0.6) is 11.5 Å². The first-order valence-corrected chi connectivity index (χ1v) is 10.5. The monoisotopic (exact) mass is 457 g/mol. The Morgan fingerprint density at radius 1 is 1.03 bits per heavy atom. The van der Waals surface area contributed by atoms with Crippen LogP contribution in [0.25, 0.3) is 0 Å². The molecule has 9 heteroatoms. The highest BCUT2D eigenvalue weighted by molar-refractivity contribution is 7.18. The summed E-state index contributed by atoms with van der Waals surface area (Å²) in [7, 11) is 0. The van der Waals surface area contributed by atoms with Gasteiger partial charge in [0.15, 0.2) is 11.5 Å². The minimum atomic E-state index is -0.273. The lowest BCUT2D eigenvalue weighted by molar-refractivity contribution is -0.121. The van der Waals surface area contributed by atoms with Gasteiger partial charge >= 0.3 is 0 Å². The maximum atomic E-state index is 12.2. The molecule has 0 unspecified atom stereocenters. The van der Waals surface area contributed by atoms with Gasteiger partial charge in [0.25, 0.3) is 5.91 Å². The number of phenols is 2. The first-order chi connectivity index (χ1) is 14.8. The number of benzene rings is 2. The van der Waals surface area contributed by atoms with Gasteiger partial charge in [-0.15, -0.1) is 11.3 Å². The molecule has 31 heavy (non-hydrogen) atoms. The zero-order valence-electron chi connectivity index (χ0n) is 16.6. The Balaban J connectivity index is 1.51. The van der Waals surface area contributed by atoms with Gasteiger partial charge in [-0.3, -0.25) is 9.59 Å². The van der Waals surface area contributed by atoms with Crippen molar-refractivity contribution in [3.8, 4) is 11.5 Å². The minimum absolute atomic E-state index is 0.179. The summed E-state index contributed by atoms with van der Waals surface area (Å²) in [6, 6.07) is 14.9. The number of hydrogen-bond acceptors (Lipinski definition) is 6. The lowest BCUT2D eigenvalue weighted by atomic mass is 10.1. The van der Waals surface area contributed by atoms with E-state index in [9.17, 15) is 19.8 Å². The Kier molecular flexibility index (Phi) is 7.28. The third kappa shape index (κ3) is 6.31. The zero-order valence-corrected chi connectivity index (χ0v) is 18.1. The Labute approximate surface area is 188 Å². The van der Waals surface area contributed by atoms with Gasteiger partial charge in [0.2, 0.25) is 5.91 Å². The summed E-state index contributed by atoms with van der Waals surface area (Å²) >= 11 is 7.06. The summed E-state index contributed by atoms with van der Waals surface area (Å²) in [4.78, 5) is 24.7. The van der Waals surface area contributed by atoms with Crippen molar-refractivity contribution >= 4 is 46.2 Å². The minimum Gasteiger partial charge on any atom is -0.504 e. The molecule has 0 saturated heterocycles. The fourth-order valence-electron chi connectivity index (χ4n) is 2.67. The highest BCUT2D eigenvalue weighted by Gasteiger charge is 2.09. The Morgan fingerprint density at radius 3 is 2.42 bits per heavy atom. The van der Waals surface area contributed by atoms with Crippen LogP contribution in [0, 0.1) is 0 Å². The van der Waals surface area contributed by atoms with Crippen LogP contribution in [-0.2, 0) is 11.2 Å². The molecule has 3 rings (SSSR count). The van der Waals surface area contributed by atoms with Gasteiger partial charge in [-0.2, -0.15) is 5.10 Å². The van der Waals surface area contributed by atoms with Gasteiger partial charge in [0, 0.05) is 12.1 Å². The van der Waals surface area contributed by atoms with Crippen molar-refractivity contribution in [3.05, 3.63) is 74.9 Å². The Hall–Kier alpha value is -3.36.